The number of nitrogens with zero attached hydrogens (tertiary/aromatic N) is 1. The van der Waals surface area contributed by atoms with Crippen LogP contribution in [0, 0.1) is 6.92 Å². The van der Waals surface area contributed by atoms with Crippen LogP contribution < -0.4 is 0 Å². The normalized spacial score (nSPS) is 13.6. The summed E-state index contributed by atoms with van der Waals surface area (Å²) >= 11 is 0. The Kier molecular flexibility index (Phi) is 7.56. The maximum absolute atomic E-state index is 4.89. The average molecular weight is 476 g/mol. The molecule has 0 N–H and O–H groups in total. The zero-order chi connectivity index (χ0) is 25.0. The van der Waals surface area contributed by atoms with Crippen molar-refractivity contribution in [3.63, 3.8) is 0 Å². The highest BCUT2D eigenvalue weighted by Gasteiger charge is 2.42. The van der Waals surface area contributed by atoms with Crippen molar-refractivity contribution in [2.75, 3.05) is 0 Å². The molecule has 0 bridgehead atoms. The number of pyridine rings is 1. The third kappa shape index (κ3) is 4.73. The van der Waals surface area contributed by atoms with Crippen molar-refractivity contribution in [2.45, 2.75) is 90.4 Å². The summed E-state index contributed by atoms with van der Waals surface area (Å²) in [6.07, 6.45) is 15.0. The molecule has 1 nitrogen and oxygen atoms in total. The molecule has 1 aliphatic rings. The van der Waals surface area contributed by atoms with Gasteiger partial charge < -0.3 is 0 Å². The molecule has 1 heteroatoms. The summed E-state index contributed by atoms with van der Waals surface area (Å²) in [6, 6.07) is 25.2. The SMILES string of the molecule is CCCCCCC1(CCCCCC)c2cc(C)ccc2-c2ccc(-c3cc4ccccc4cn3)cc21. The lowest BCUT2D eigenvalue weighted by molar-refractivity contribution is 0.401. The molecule has 3 aromatic carbocycles. The highest BCUT2D eigenvalue weighted by atomic mass is 14.7. The smallest absolute Gasteiger partial charge is 0.0708 e. The van der Waals surface area contributed by atoms with Crippen LogP contribution in [0.3, 0.4) is 0 Å². The molecule has 1 aliphatic carbocycles. The van der Waals surface area contributed by atoms with Crippen LogP contribution in [-0.2, 0) is 5.41 Å². The van der Waals surface area contributed by atoms with Gasteiger partial charge in [-0.25, -0.2) is 0 Å². The lowest BCUT2D eigenvalue weighted by Crippen LogP contribution is -2.25. The van der Waals surface area contributed by atoms with Crippen LogP contribution in [-0.4, -0.2) is 4.98 Å². The third-order valence-corrected chi connectivity index (χ3v) is 8.36. The van der Waals surface area contributed by atoms with Gasteiger partial charge in [0.05, 0.1) is 5.69 Å². The predicted octanol–water partition coefficient (Wildman–Crippen LogP) is 10.4. The van der Waals surface area contributed by atoms with Gasteiger partial charge in [-0.15, -0.1) is 0 Å². The molecule has 5 rings (SSSR count). The number of benzene rings is 3. The molecular formula is C35H41N. The Morgan fingerprint density at radius 1 is 0.639 bits per heavy atom. The quantitative estimate of drug-likeness (QED) is 0.197. The Balaban J connectivity index is 1.61. The molecule has 4 aromatic rings. The second-order valence-electron chi connectivity index (χ2n) is 10.9. The van der Waals surface area contributed by atoms with Crippen molar-refractivity contribution < 1.29 is 0 Å². The standard InChI is InChI=1S/C35H41N/c1-4-6-8-12-20-35(21-13-9-7-5-2)32-22-26(3)16-18-30(32)31-19-17-28(23-33(31)35)34-24-27-14-10-11-15-29(27)25-36-34/h10-11,14-19,22-25H,4-9,12-13,20-21H2,1-3H3. The zero-order valence-electron chi connectivity index (χ0n) is 22.4. The molecule has 0 aliphatic heterocycles. The van der Waals surface area contributed by atoms with E-state index in [1.807, 2.05) is 6.20 Å². The minimum atomic E-state index is 0.116. The first-order chi connectivity index (χ1) is 17.7. The second-order valence-corrected chi connectivity index (χ2v) is 10.9. The van der Waals surface area contributed by atoms with E-state index in [2.05, 4.69) is 87.5 Å². The first-order valence-corrected chi connectivity index (χ1v) is 14.3. The molecule has 0 saturated carbocycles. The van der Waals surface area contributed by atoms with Gasteiger partial charge >= 0.3 is 0 Å². The van der Waals surface area contributed by atoms with Crippen LogP contribution in [0.4, 0.5) is 0 Å². The summed E-state index contributed by atoms with van der Waals surface area (Å²) < 4.78 is 0. The van der Waals surface area contributed by atoms with Crippen LogP contribution in [0.5, 0.6) is 0 Å². The van der Waals surface area contributed by atoms with Crippen LogP contribution in [0.15, 0.2) is 72.9 Å². The van der Waals surface area contributed by atoms with Crippen LogP contribution in [0.25, 0.3) is 33.2 Å². The Morgan fingerprint density at radius 3 is 1.97 bits per heavy atom. The van der Waals surface area contributed by atoms with Gasteiger partial charge in [0, 0.05) is 22.6 Å². The molecule has 1 heterocycles. The van der Waals surface area contributed by atoms with Gasteiger partial charge in [0.25, 0.3) is 0 Å². The summed E-state index contributed by atoms with van der Waals surface area (Å²) in [5, 5.41) is 2.46. The molecule has 0 spiro atoms. The van der Waals surface area contributed by atoms with Gasteiger partial charge in [0.15, 0.2) is 0 Å². The van der Waals surface area contributed by atoms with Gasteiger partial charge in [-0.05, 0) is 59.5 Å². The Labute approximate surface area is 218 Å². The Bertz CT molecular complexity index is 1320. The van der Waals surface area contributed by atoms with E-state index in [-0.39, 0.29) is 5.41 Å². The van der Waals surface area contributed by atoms with E-state index in [0.29, 0.717) is 0 Å². The highest BCUT2D eigenvalue weighted by molar-refractivity contribution is 5.87. The molecule has 0 radical (unpaired) electrons. The topological polar surface area (TPSA) is 12.9 Å². The maximum atomic E-state index is 4.89. The Morgan fingerprint density at radius 2 is 1.28 bits per heavy atom. The minimum Gasteiger partial charge on any atom is -0.256 e. The lowest BCUT2D eigenvalue weighted by atomic mass is 9.70. The van der Waals surface area contributed by atoms with Gasteiger partial charge in [0.1, 0.15) is 0 Å². The van der Waals surface area contributed by atoms with E-state index in [4.69, 9.17) is 4.98 Å². The van der Waals surface area contributed by atoms with Crippen molar-refractivity contribution in [3.05, 3.63) is 89.6 Å². The van der Waals surface area contributed by atoms with E-state index >= 15 is 0 Å². The van der Waals surface area contributed by atoms with Crippen LogP contribution >= 0.6 is 0 Å². The van der Waals surface area contributed by atoms with Crippen molar-refractivity contribution >= 4 is 10.8 Å². The average Bonchev–Trinajstić information content (AvgIpc) is 3.17. The fourth-order valence-corrected chi connectivity index (χ4v) is 6.38. The second kappa shape index (κ2) is 11.0. The summed E-state index contributed by atoms with van der Waals surface area (Å²) in [5.74, 6) is 0. The molecule has 0 saturated heterocycles. The molecule has 186 valence electrons. The first kappa shape index (κ1) is 24.8. The van der Waals surface area contributed by atoms with E-state index in [1.54, 1.807) is 11.1 Å². The molecule has 36 heavy (non-hydrogen) atoms. The highest BCUT2D eigenvalue weighted by Crippen LogP contribution is 2.55. The fourth-order valence-electron chi connectivity index (χ4n) is 6.38. The maximum Gasteiger partial charge on any atom is 0.0708 e. The Hall–Kier alpha value is -2.93. The van der Waals surface area contributed by atoms with Gasteiger partial charge in [0.2, 0.25) is 0 Å². The van der Waals surface area contributed by atoms with Gasteiger partial charge in [-0.2, -0.15) is 0 Å². The monoisotopic (exact) mass is 475 g/mol. The molecular weight excluding hydrogens is 434 g/mol. The zero-order valence-corrected chi connectivity index (χ0v) is 22.4. The lowest BCUT2D eigenvalue weighted by Gasteiger charge is -2.33. The van der Waals surface area contributed by atoms with E-state index < -0.39 is 0 Å². The summed E-state index contributed by atoms with van der Waals surface area (Å²) in [7, 11) is 0. The van der Waals surface area contributed by atoms with Gasteiger partial charge in [-0.3, -0.25) is 4.98 Å². The number of aromatic nitrogens is 1. The van der Waals surface area contributed by atoms with E-state index in [9.17, 15) is 0 Å². The van der Waals surface area contributed by atoms with Crippen LogP contribution in [0.1, 0.15) is 94.7 Å². The fraction of sp³-hybridized carbons (Fsp3) is 0.400. The molecule has 0 unspecified atom stereocenters. The summed E-state index contributed by atoms with van der Waals surface area (Å²) in [5.41, 5.74) is 9.85. The van der Waals surface area contributed by atoms with Crippen molar-refractivity contribution in [3.8, 4) is 22.4 Å². The van der Waals surface area contributed by atoms with Crippen molar-refractivity contribution in [1.82, 2.24) is 4.98 Å². The number of unbranched alkanes of at least 4 members (excludes halogenated alkanes) is 6. The minimum absolute atomic E-state index is 0.116. The molecule has 1 aromatic heterocycles. The predicted molar refractivity (Wildman–Crippen MR) is 156 cm³/mol. The molecule has 0 atom stereocenters. The summed E-state index contributed by atoms with van der Waals surface area (Å²) in [6.45, 7) is 6.88. The van der Waals surface area contributed by atoms with Gasteiger partial charge in [-0.1, -0.05) is 125 Å². The van der Waals surface area contributed by atoms with Crippen LogP contribution in [0.2, 0.25) is 0 Å². The molecule has 0 fully saturated rings. The number of rotatable bonds is 11. The van der Waals surface area contributed by atoms with Crippen molar-refractivity contribution in [2.24, 2.45) is 0 Å². The number of aryl methyl sites for hydroxylation is 1. The third-order valence-electron chi connectivity index (χ3n) is 8.36. The largest absolute Gasteiger partial charge is 0.256 e. The number of fused-ring (bicyclic) bond motifs is 4. The first-order valence-electron chi connectivity index (χ1n) is 14.3. The molecule has 0 amide bonds. The van der Waals surface area contributed by atoms with Crippen molar-refractivity contribution in [1.29, 1.82) is 0 Å². The van der Waals surface area contributed by atoms with E-state index in [0.717, 1.165) is 5.69 Å². The number of hydrogen-bond donors (Lipinski definition) is 0. The van der Waals surface area contributed by atoms with E-state index in [1.165, 1.54) is 97.2 Å². The summed E-state index contributed by atoms with van der Waals surface area (Å²) in [4.78, 5) is 4.89. The number of hydrogen-bond acceptors (Lipinski definition) is 1.